The normalized spacial score (nSPS) is 10.4. The van der Waals surface area contributed by atoms with Crippen molar-refractivity contribution in [2.24, 2.45) is 0 Å². The lowest BCUT2D eigenvalue weighted by atomic mass is 10.3. The molecule has 0 fully saturated rings. The van der Waals surface area contributed by atoms with Crippen LogP contribution >= 0.6 is 22.9 Å². The van der Waals surface area contributed by atoms with Gasteiger partial charge in [-0.2, -0.15) is 0 Å². The van der Waals surface area contributed by atoms with E-state index in [0.717, 1.165) is 10.2 Å². The first-order chi connectivity index (χ1) is 10.1. The third-order valence-corrected chi connectivity index (χ3v) is 3.66. The van der Waals surface area contributed by atoms with Crippen LogP contribution in [-0.4, -0.2) is 30.1 Å². The van der Waals surface area contributed by atoms with E-state index in [4.69, 9.17) is 16.3 Å². The number of amides is 2. The van der Waals surface area contributed by atoms with Gasteiger partial charge in [-0.05, 0) is 25.1 Å². The van der Waals surface area contributed by atoms with Crippen molar-refractivity contribution in [2.45, 2.75) is 13.3 Å². The number of thiazole rings is 1. The lowest BCUT2D eigenvalue weighted by Crippen LogP contribution is -2.30. The van der Waals surface area contributed by atoms with Crippen LogP contribution in [0.5, 0.6) is 0 Å². The van der Waals surface area contributed by atoms with Crippen molar-refractivity contribution in [1.29, 1.82) is 0 Å². The lowest BCUT2D eigenvalue weighted by molar-refractivity contribution is -0.142. The molecule has 0 radical (unpaired) electrons. The molecule has 21 heavy (non-hydrogen) atoms. The molecule has 112 valence electrons. The number of carbonyl (C=O) groups is 2. The minimum Gasteiger partial charge on any atom is -0.466 e. The van der Waals surface area contributed by atoms with E-state index in [9.17, 15) is 9.59 Å². The number of rotatable bonds is 5. The topological polar surface area (TPSA) is 80.3 Å². The fourth-order valence-corrected chi connectivity index (χ4v) is 2.74. The Morgan fingerprint density at radius 3 is 3.00 bits per heavy atom. The van der Waals surface area contributed by atoms with Gasteiger partial charge < -0.3 is 10.1 Å². The SMILES string of the molecule is CCOC(=O)CCNC(=O)Nc1nc2ccc(Cl)cc2s1. The number of benzene rings is 1. The van der Waals surface area contributed by atoms with Crippen LogP contribution in [0.3, 0.4) is 0 Å². The molecule has 0 spiro atoms. The molecule has 2 N–H and O–H groups in total. The summed E-state index contributed by atoms with van der Waals surface area (Å²) < 4.78 is 5.65. The zero-order valence-corrected chi connectivity index (χ0v) is 12.9. The van der Waals surface area contributed by atoms with E-state index in [2.05, 4.69) is 15.6 Å². The quantitative estimate of drug-likeness (QED) is 0.827. The molecular weight excluding hydrogens is 314 g/mol. The van der Waals surface area contributed by atoms with Gasteiger partial charge in [0.1, 0.15) is 0 Å². The summed E-state index contributed by atoms with van der Waals surface area (Å²) >= 11 is 7.22. The summed E-state index contributed by atoms with van der Waals surface area (Å²) in [5.74, 6) is -0.340. The van der Waals surface area contributed by atoms with Gasteiger partial charge in [0, 0.05) is 11.6 Å². The highest BCUT2D eigenvalue weighted by Gasteiger charge is 2.08. The van der Waals surface area contributed by atoms with Crippen molar-refractivity contribution >= 4 is 50.3 Å². The van der Waals surface area contributed by atoms with Crippen LogP contribution in [0.1, 0.15) is 13.3 Å². The highest BCUT2D eigenvalue weighted by Crippen LogP contribution is 2.28. The summed E-state index contributed by atoms with van der Waals surface area (Å²) in [5.41, 5.74) is 0.770. The van der Waals surface area contributed by atoms with Gasteiger partial charge in [-0.1, -0.05) is 22.9 Å². The summed E-state index contributed by atoms with van der Waals surface area (Å²) in [6.45, 7) is 2.28. The van der Waals surface area contributed by atoms with Crippen LogP contribution in [0.4, 0.5) is 9.93 Å². The minimum absolute atomic E-state index is 0.136. The molecule has 0 bridgehead atoms. The van der Waals surface area contributed by atoms with Crippen molar-refractivity contribution in [1.82, 2.24) is 10.3 Å². The lowest BCUT2D eigenvalue weighted by Gasteiger charge is -2.04. The Morgan fingerprint density at radius 1 is 1.43 bits per heavy atom. The summed E-state index contributed by atoms with van der Waals surface area (Å²) in [6, 6.07) is 4.91. The van der Waals surface area contributed by atoms with Gasteiger partial charge in [-0.3, -0.25) is 10.1 Å². The van der Waals surface area contributed by atoms with Gasteiger partial charge in [0.15, 0.2) is 5.13 Å². The van der Waals surface area contributed by atoms with Crippen LogP contribution < -0.4 is 10.6 Å². The van der Waals surface area contributed by atoms with E-state index in [-0.39, 0.29) is 18.9 Å². The molecule has 2 amide bonds. The molecule has 2 aromatic rings. The molecule has 1 aromatic heterocycles. The fraction of sp³-hybridized carbons (Fsp3) is 0.308. The molecule has 0 aliphatic heterocycles. The first-order valence-electron chi connectivity index (χ1n) is 6.35. The van der Waals surface area contributed by atoms with Gasteiger partial charge in [0.25, 0.3) is 0 Å². The predicted octanol–water partition coefficient (Wildman–Crippen LogP) is 3.02. The molecule has 0 aliphatic carbocycles. The number of carbonyl (C=O) groups excluding carboxylic acids is 2. The molecule has 0 saturated carbocycles. The minimum atomic E-state index is -0.413. The van der Waals surface area contributed by atoms with Crippen molar-refractivity contribution in [3.05, 3.63) is 23.2 Å². The predicted molar refractivity (Wildman–Crippen MR) is 82.9 cm³/mol. The molecule has 6 nitrogen and oxygen atoms in total. The van der Waals surface area contributed by atoms with Gasteiger partial charge in [0.2, 0.25) is 0 Å². The molecule has 0 saturated heterocycles. The Balaban J connectivity index is 1.85. The average molecular weight is 328 g/mol. The van der Waals surface area contributed by atoms with E-state index < -0.39 is 6.03 Å². The molecule has 8 heteroatoms. The summed E-state index contributed by atoms with van der Waals surface area (Å²) in [5, 5.41) is 6.28. The second-order valence-electron chi connectivity index (χ2n) is 4.07. The number of fused-ring (bicyclic) bond motifs is 1. The van der Waals surface area contributed by atoms with E-state index in [1.807, 2.05) is 0 Å². The van der Waals surface area contributed by atoms with E-state index in [0.29, 0.717) is 16.8 Å². The highest BCUT2D eigenvalue weighted by atomic mass is 35.5. The Labute approximate surface area is 130 Å². The van der Waals surface area contributed by atoms with Gasteiger partial charge in [-0.25, -0.2) is 9.78 Å². The standard InChI is InChI=1S/C13H14ClN3O3S/c1-2-20-11(18)5-6-15-12(19)17-13-16-9-4-3-8(14)7-10(9)21-13/h3-4,7H,2,5-6H2,1H3,(H2,15,16,17,19). The molecule has 2 rings (SSSR count). The number of hydrogen-bond acceptors (Lipinski definition) is 5. The third-order valence-electron chi connectivity index (χ3n) is 2.49. The number of aromatic nitrogens is 1. The van der Waals surface area contributed by atoms with E-state index in [1.165, 1.54) is 11.3 Å². The first-order valence-corrected chi connectivity index (χ1v) is 7.54. The van der Waals surface area contributed by atoms with Crippen LogP contribution in [0.2, 0.25) is 5.02 Å². The largest absolute Gasteiger partial charge is 0.466 e. The zero-order valence-electron chi connectivity index (χ0n) is 11.3. The number of urea groups is 1. The molecule has 1 heterocycles. The van der Waals surface area contributed by atoms with Gasteiger partial charge >= 0.3 is 12.0 Å². The van der Waals surface area contributed by atoms with Crippen molar-refractivity contribution in [2.75, 3.05) is 18.5 Å². The molecule has 0 unspecified atom stereocenters. The summed E-state index contributed by atoms with van der Waals surface area (Å²) in [6.07, 6.45) is 0.136. The maximum absolute atomic E-state index is 11.7. The monoisotopic (exact) mass is 327 g/mol. The average Bonchev–Trinajstić information content (AvgIpc) is 2.80. The molecule has 1 aromatic carbocycles. The van der Waals surface area contributed by atoms with Crippen LogP contribution in [0.25, 0.3) is 10.2 Å². The number of nitrogens with zero attached hydrogens (tertiary/aromatic N) is 1. The highest BCUT2D eigenvalue weighted by molar-refractivity contribution is 7.22. The van der Waals surface area contributed by atoms with Crippen molar-refractivity contribution in [3.8, 4) is 0 Å². The van der Waals surface area contributed by atoms with Crippen LogP contribution in [-0.2, 0) is 9.53 Å². The maximum Gasteiger partial charge on any atom is 0.321 e. The van der Waals surface area contributed by atoms with Gasteiger partial charge in [0.05, 0.1) is 23.2 Å². The number of anilines is 1. The smallest absolute Gasteiger partial charge is 0.321 e. The molecule has 0 atom stereocenters. The number of hydrogen-bond donors (Lipinski definition) is 2. The maximum atomic E-state index is 11.7. The molecule has 0 aliphatic rings. The Morgan fingerprint density at radius 2 is 2.24 bits per heavy atom. The Kier molecular flexibility index (Phi) is 5.35. The van der Waals surface area contributed by atoms with Crippen LogP contribution in [0.15, 0.2) is 18.2 Å². The Bertz CT molecular complexity index is 659. The summed E-state index contributed by atoms with van der Waals surface area (Å²) in [7, 11) is 0. The second kappa shape index (κ2) is 7.24. The third kappa shape index (κ3) is 4.57. The summed E-state index contributed by atoms with van der Waals surface area (Å²) in [4.78, 5) is 27.0. The van der Waals surface area contributed by atoms with Crippen LogP contribution in [0, 0.1) is 0 Å². The van der Waals surface area contributed by atoms with Crippen molar-refractivity contribution in [3.63, 3.8) is 0 Å². The van der Waals surface area contributed by atoms with E-state index >= 15 is 0 Å². The second-order valence-corrected chi connectivity index (χ2v) is 5.53. The van der Waals surface area contributed by atoms with Crippen molar-refractivity contribution < 1.29 is 14.3 Å². The molecular formula is C13H14ClN3O3S. The number of nitrogens with one attached hydrogen (secondary N) is 2. The number of halogens is 1. The first kappa shape index (κ1) is 15.5. The van der Waals surface area contributed by atoms with Gasteiger partial charge in [-0.15, -0.1) is 0 Å². The van der Waals surface area contributed by atoms with E-state index in [1.54, 1.807) is 25.1 Å². The zero-order chi connectivity index (χ0) is 15.2. The number of ether oxygens (including phenoxy) is 1. The fourth-order valence-electron chi connectivity index (χ4n) is 1.60. The Hall–Kier alpha value is -1.86. The number of esters is 1.